The minimum Gasteiger partial charge on any atom is -0.397 e. The van der Waals surface area contributed by atoms with Crippen LogP contribution in [-0.2, 0) is 4.74 Å². The fourth-order valence-corrected chi connectivity index (χ4v) is 3.89. The van der Waals surface area contributed by atoms with Crippen molar-refractivity contribution in [1.29, 1.82) is 0 Å². The average molecular weight is 428 g/mol. The number of aryl methyl sites for hydroxylation is 1. The van der Waals surface area contributed by atoms with Crippen molar-refractivity contribution in [2.45, 2.75) is 26.7 Å². The Bertz CT molecular complexity index is 938. The molecule has 1 aliphatic heterocycles. The van der Waals surface area contributed by atoms with Crippen LogP contribution in [0.2, 0.25) is 0 Å². The Labute approximate surface area is 184 Å². The van der Waals surface area contributed by atoms with Crippen molar-refractivity contribution in [3.8, 4) is 11.1 Å². The van der Waals surface area contributed by atoms with E-state index >= 15 is 0 Å². The minimum absolute atomic E-state index is 0.246. The summed E-state index contributed by atoms with van der Waals surface area (Å²) in [6.45, 7) is 8.13. The molecule has 1 fully saturated rings. The normalized spacial score (nSPS) is 14.7. The molecule has 0 bridgehead atoms. The lowest BCUT2D eigenvalue weighted by Gasteiger charge is -2.31. The summed E-state index contributed by atoms with van der Waals surface area (Å²) in [7, 11) is 1.77. The van der Waals surface area contributed by atoms with Crippen molar-refractivity contribution < 1.29 is 9.13 Å². The molecule has 0 unspecified atom stereocenters. The number of ether oxygens (including phenoxy) is 1. The number of rotatable bonds is 8. The Morgan fingerprint density at radius 1 is 1.19 bits per heavy atom. The van der Waals surface area contributed by atoms with Gasteiger partial charge >= 0.3 is 0 Å². The SMILES string of the molecule is CN=C(C)c1cc(-c2cc(NCCCCN)c(F)cc2C)cc(N2CCOCC2)c1N. The van der Waals surface area contributed by atoms with Crippen molar-refractivity contribution >= 4 is 22.8 Å². The molecule has 6 nitrogen and oxygen atoms in total. The molecular formula is C24H34FN5O. The fourth-order valence-electron chi connectivity index (χ4n) is 3.89. The van der Waals surface area contributed by atoms with Crippen LogP contribution >= 0.6 is 0 Å². The van der Waals surface area contributed by atoms with Crippen molar-refractivity contribution in [3.63, 3.8) is 0 Å². The van der Waals surface area contributed by atoms with Crippen molar-refractivity contribution in [2.24, 2.45) is 10.7 Å². The van der Waals surface area contributed by atoms with Gasteiger partial charge in [-0.25, -0.2) is 4.39 Å². The Kier molecular flexibility index (Phi) is 7.87. The monoisotopic (exact) mass is 427 g/mol. The number of benzene rings is 2. The largest absolute Gasteiger partial charge is 0.397 e. The van der Waals surface area contributed by atoms with Crippen LogP contribution in [0.25, 0.3) is 11.1 Å². The highest BCUT2D eigenvalue weighted by molar-refractivity contribution is 6.07. The van der Waals surface area contributed by atoms with E-state index in [0.717, 1.165) is 59.6 Å². The van der Waals surface area contributed by atoms with E-state index in [0.29, 0.717) is 37.7 Å². The van der Waals surface area contributed by atoms with E-state index in [1.165, 1.54) is 0 Å². The van der Waals surface area contributed by atoms with Crippen molar-refractivity contribution in [2.75, 3.05) is 62.4 Å². The predicted octanol–water partition coefficient (Wildman–Crippen LogP) is 3.81. The maximum atomic E-state index is 14.6. The second-order valence-corrected chi connectivity index (χ2v) is 7.93. The van der Waals surface area contributed by atoms with E-state index in [-0.39, 0.29) is 5.82 Å². The van der Waals surface area contributed by atoms with Crippen LogP contribution in [0.5, 0.6) is 0 Å². The van der Waals surface area contributed by atoms with Gasteiger partial charge in [0.15, 0.2) is 0 Å². The van der Waals surface area contributed by atoms with E-state index < -0.39 is 0 Å². The van der Waals surface area contributed by atoms with Gasteiger partial charge in [-0.3, -0.25) is 4.99 Å². The molecule has 7 heteroatoms. The van der Waals surface area contributed by atoms with E-state index in [4.69, 9.17) is 16.2 Å². The van der Waals surface area contributed by atoms with Crippen LogP contribution in [0.1, 0.15) is 30.9 Å². The third kappa shape index (κ3) is 5.35. The molecule has 3 rings (SSSR count). The molecule has 0 spiro atoms. The van der Waals surface area contributed by atoms with Gasteiger partial charge in [-0.05, 0) is 74.2 Å². The quantitative estimate of drug-likeness (QED) is 0.339. The highest BCUT2D eigenvalue weighted by Crippen LogP contribution is 2.37. The summed E-state index contributed by atoms with van der Waals surface area (Å²) >= 11 is 0. The molecule has 0 atom stereocenters. The lowest BCUT2D eigenvalue weighted by molar-refractivity contribution is 0.123. The van der Waals surface area contributed by atoms with Gasteiger partial charge in [-0.15, -0.1) is 0 Å². The molecule has 1 aliphatic rings. The average Bonchev–Trinajstić information content (AvgIpc) is 2.78. The number of morpholine rings is 1. The summed E-state index contributed by atoms with van der Waals surface area (Å²) in [5.41, 5.74) is 19.0. The summed E-state index contributed by atoms with van der Waals surface area (Å²) in [4.78, 5) is 6.61. The Morgan fingerprint density at radius 2 is 1.94 bits per heavy atom. The molecule has 31 heavy (non-hydrogen) atoms. The first-order chi connectivity index (χ1) is 15.0. The summed E-state index contributed by atoms with van der Waals surface area (Å²) in [6.07, 6.45) is 1.81. The van der Waals surface area contributed by atoms with Gasteiger partial charge < -0.3 is 26.4 Å². The molecule has 0 radical (unpaired) electrons. The molecule has 5 N–H and O–H groups in total. The van der Waals surface area contributed by atoms with Gasteiger partial charge in [0, 0.05) is 38.0 Å². The van der Waals surface area contributed by atoms with Gasteiger partial charge in [0.05, 0.1) is 30.3 Å². The third-order valence-electron chi connectivity index (χ3n) is 5.81. The van der Waals surface area contributed by atoms with E-state index in [2.05, 4.69) is 27.3 Å². The first kappa shape index (κ1) is 23.0. The molecule has 0 aliphatic carbocycles. The van der Waals surface area contributed by atoms with E-state index in [9.17, 15) is 4.39 Å². The molecule has 168 valence electrons. The zero-order valence-electron chi connectivity index (χ0n) is 18.8. The number of aliphatic imine (C=N–C) groups is 1. The number of nitrogens with zero attached hydrogens (tertiary/aromatic N) is 2. The second kappa shape index (κ2) is 10.6. The van der Waals surface area contributed by atoms with Crippen molar-refractivity contribution in [3.05, 3.63) is 41.2 Å². The second-order valence-electron chi connectivity index (χ2n) is 7.93. The first-order valence-corrected chi connectivity index (χ1v) is 10.9. The van der Waals surface area contributed by atoms with Crippen LogP contribution in [0.3, 0.4) is 0 Å². The molecule has 2 aromatic carbocycles. The Morgan fingerprint density at radius 3 is 2.61 bits per heavy atom. The standard InChI is InChI=1S/C24H34FN5O/c1-16-12-21(25)22(29-7-5-4-6-26)15-19(16)18-13-20(17(2)28-3)24(27)23(14-18)30-8-10-31-11-9-30/h12-15,29H,4-11,26-27H2,1-3H3. The van der Waals surface area contributed by atoms with Crippen LogP contribution in [-0.4, -0.2) is 52.2 Å². The van der Waals surface area contributed by atoms with Crippen LogP contribution in [0.4, 0.5) is 21.5 Å². The number of hydrogen-bond acceptors (Lipinski definition) is 6. The number of nitrogen functional groups attached to an aromatic ring is 1. The van der Waals surface area contributed by atoms with Crippen LogP contribution in [0.15, 0.2) is 29.3 Å². The number of hydrogen-bond donors (Lipinski definition) is 3. The predicted molar refractivity (Wildman–Crippen MR) is 129 cm³/mol. The van der Waals surface area contributed by atoms with Crippen LogP contribution in [0, 0.1) is 12.7 Å². The van der Waals surface area contributed by atoms with Gasteiger partial charge in [0.2, 0.25) is 0 Å². The van der Waals surface area contributed by atoms with Gasteiger partial charge in [0.1, 0.15) is 5.82 Å². The van der Waals surface area contributed by atoms with Gasteiger partial charge in [-0.1, -0.05) is 0 Å². The number of unbranched alkanes of at least 4 members (excludes halogenated alkanes) is 1. The molecule has 0 saturated carbocycles. The highest BCUT2D eigenvalue weighted by Gasteiger charge is 2.20. The molecule has 0 amide bonds. The molecule has 2 aromatic rings. The zero-order chi connectivity index (χ0) is 22.4. The Hall–Kier alpha value is -2.64. The van der Waals surface area contributed by atoms with E-state index in [1.807, 2.05) is 19.9 Å². The zero-order valence-corrected chi connectivity index (χ0v) is 18.8. The maximum absolute atomic E-state index is 14.6. The first-order valence-electron chi connectivity index (χ1n) is 10.9. The molecule has 1 saturated heterocycles. The smallest absolute Gasteiger partial charge is 0.146 e. The third-order valence-corrected chi connectivity index (χ3v) is 5.81. The Balaban J connectivity index is 2.06. The number of anilines is 3. The fraction of sp³-hybridized carbons (Fsp3) is 0.458. The topological polar surface area (TPSA) is 88.9 Å². The lowest BCUT2D eigenvalue weighted by atomic mass is 9.94. The number of nitrogens with one attached hydrogen (secondary N) is 1. The van der Waals surface area contributed by atoms with E-state index in [1.54, 1.807) is 13.1 Å². The van der Waals surface area contributed by atoms with Crippen LogP contribution < -0.4 is 21.7 Å². The maximum Gasteiger partial charge on any atom is 0.146 e. The molecule has 1 heterocycles. The van der Waals surface area contributed by atoms with Crippen molar-refractivity contribution in [1.82, 2.24) is 0 Å². The lowest BCUT2D eigenvalue weighted by Crippen LogP contribution is -2.36. The number of nitrogens with two attached hydrogens (primary N) is 2. The summed E-state index contributed by atoms with van der Waals surface area (Å²) in [6, 6.07) is 7.64. The summed E-state index contributed by atoms with van der Waals surface area (Å²) < 4.78 is 20.1. The number of halogens is 1. The molecule has 0 aromatic heterocycles. The highest BCUT2D eigenvalue weighted by atomic mass is 19.1. The summed E-state index contributed by atoms with van der Waals surface area (Å²) in [5.74, 6) is -0.246. The van der Waals surface area contributed by atoms with Gasteiger partial charge in [-0.2, -0.15) is 0 Å². The molecular weight excluding hydrogens is 393 g/mol. The minimum atomic E-state index is -0.246. The van der Waals surface area contributed by atoms with Gasteiger partial charge in [0.25, 0.3) is 0 Å². The summed E-state index contributed by atoms with van der Waals surface area (Å²) in [5, 5.41) is 3.22.